The van der Waals surface area contributed by atoms with Gasteiger partial charge in [-0.05, 0) is 88.7 Å². The first-order chi connectivity index (χ1) is 22.9. The van der Waals surface area contributed by atoms with Crippen LogP contribution in [0, 0.1) is 29.1 Å². The van der Waals surface area contributed by atoms with Crippen LogP contribution < -0.4 is 15.5 Å². The van der Waals surface area contributed by atoms with Crippen LogP contribution in [0.15, 0.2) is 36.7 Å². The summed E-state index contributed by atoms with van der Waals surface area (Å²) in [5.41, 5.74) is 4.83. The molecule has 2 bridgehead atoms. The number of nitrogens with zero attached hydrogens (tertiary/aromatic N) is 8. The van der Waals surface area contributed by atoms with Crippen molar-refractivity contribution in [3.8, 4) is 28.0 Å². The van der Waals surface area contributed by atoms with Crippen LogP contribution in [0.4, 0.5) is 10.8 Å². The molecule has 1 aliphatic carbocycles. The SMILES string of the molecule is CC(C)Nc1cc(-c2ccc3cc(C#N)cnn23)ncc1-c1nnc(N2CC3CCC(C2)C3NC(=O)C2CCN(C3COC3)CC2)s1. The molecule has 12 nitrogen and oxygen atoms in total. The molecular formula is C34H40N10O2S. The van der Waals surface area contributed by atoms with Crippen molar-refractivity contribution in [2.24, 2.45) is 17.8 Å². The average Bonchev–Trinajstić information content (AvgIpc) is 3.76. The van der Waals surface area contributed by atoms with Crippen LogP contribution in [0.5, 0.6) is 0 Å². The lowest BCUT2D eigenvalue weighted by molar-refractivity contribution is -0.129. The van der Waals surface area contributed by atoms with Crippen LogP contribution in [0.2, 0.25) is 0 Å². The smallest absolute Gasteiger partial charge is 0.223 e. The Hall–Kier alpha value is -4.12. The van der Waals surface area contributed by atoms with Gasteiger partial charge in [0.1, 0.15) is 6.07 Å². The van der Waals surface area contributed by atoms with E-state index in [4.69, 9.17) is 9.72 Å². The fraction of sp³-hybridized carbons (Fsp3) is 0.529. The van der Waals surface area contributed by atoms with Crippen LogP contribution in [-0.4, -0.2) is 93.1 Å². The normalized spacial score (nSPS) is 23.6. The molecule has 2 N–H and O–H groups in total. The highest BCUT2D eigenvalue weighted by molar-refractivity contribution is 7.18. The molecule has 2 unspecified atom stereocenters. The molecule has 3 aliphatic heterocycles. The lowest BCUT2D eigenvalue weighted by Crippen LogP contribution is -2.56. The third kappa shape index (κ3) is 5.83. The van der Waals surface area contributed by atoms with E-state index in [9.17, 15) is 10.1 Å². The molecule has 7 heterocycles. The summed E-state index contributed by atoms with van der Waals surface area (Å²) in [6, 6.07) is 10.9. The molecule has 47 heavy (non-hydrogen) atoms. The Kier molecular flexibility index (Phi) is 8.03. The van der Waals surface area contributed by atoms with Crippen molar-refractivity contribution in [2.75, 3.05) is 49.6 Å². The average molecular weight is 653 g/mol. The number of piperidine rings is 2. The maximum Gasteiger partial charge on any atom is 0.223 e. The van der Waals surface area contributed by atoms with Gasteiger partial charge in [-0.2, -0.15) is 10.4 Å². The van der Waals surface area contributed by atoms with Gasteiger partial charge >= 0.3 is 0 Å². The molecule has 0 spiro atoms. The lowest BCUT2D eigenvalue weighted by atomic mass is 9.90. The standard InChI is InChI=1S/C34H40N10O2S/c1-20(2)38-28-12-29(30-6-5-25-11-21(13-35)14-37-44(25)30)36-15-27(28)33-40-41-34(47-33)43-16-23-3-4-24(17-43)31(23)39-32(45)22-7-9-42(10-8-22)26-18-46-19-26/h5-6,11-12,14-15,20,22-24,26,31H,3-4,7-10,16-19H2,1-2H3,(H,36,38)(H,39,45). The van der Waals surface area contributed by atoms with Crippen molar-refractivity contribution >= 4 is 33.6 Å². The number of likely N-dealkylation sites (tertiary alicyclic amines) is 1. The fourth-order valence-electron chi connectivity index (χ4n) is 7.76. The van der Waals surface area contributed by atoms with E-state index in [2.05, 4.69) is 55.6 Å². The molecule has 1 amide bonds. The summed E-state index contributed by atoms with van der Waals surface area (Å²) in [6.45, 7) is 9.65. The minimum Gasteiger partial charge on any atom is -0.382 e. The first-order valence-electron chi connectivity index (χ1n) is 16.8. The van der Waals surface area contributed by atoms with Crippen molar-refractivity contribution in [3.05, 3.63) is 42.2 Å². The number of hydrogen-bond donors (Lipinski definition) is 2. The Balaban J connectivity index is 0.956. The van der Waals surface area contributed by atoms with Crippen molar-refractivity contribution in [2.45, 2.75) is 57.7 Å². The zero-order chi connectivity index (χ0) is 32.1. The van der Waals surface area contributed by atoms with E-state index in [0.717, 1.165) is 103 Å². The molecule has 2 atom stereocenters. The Morgan fingerprint density at radius 1 is 1.06 bits per heavy atom. The highest BCUT2D eigenvalue weighted by Crippen LogP contribution is 2.42. The first-order valence-corrected chi connectivity index (χ1v) is 17.6. The Morgan fingerprint density at radius 3 is 2.55 bits per heavy atom. The molecule has 4 aromatic rings. The predicted molar refractivity (Wildman–Crippen MR) is 180 cm³/mol. The number of ether oxygens (including phenoxy) is 1. The van der Waals surface area contributed by atoms with E-state index < -0.39 is 0 Å². The number of fused-ring (bicyclic) bond motifs is 3. The Morgan fingerprint density at radius 2 is 1.85 bits per heavy atom. The molecule has 0 radical (unpaired) electrons. The van der Waals surface area contributed by atoms with Gasteiger partial charge in [0.15, 0.2) is 5.01 Å². The number of nitrogens with one attached hydrogen (secondary N) is 2. The van der Waals surface area contributed by atoms with Gasteiger partial charge in [0, 0.05) is 43.0 Å². The number of nitriles is 1. The van der Waals surface area contributed by atoms with Gasteiger partial charge in [-0.1, -0.05) is 11.3 Å². The third-order valence-corrected chi connectivity index (χ3v) is 11.4. The van der Waals surface area contributed by atoms with E-state index >= 15 is 0 Å². The van der Waals surface area contributed by atoms with Gasteiger partial charge < -0.3 is 20.3 Å². The highest BCUT2D eigenvalue weighted by Gasteiger charge is 2.44. The summed E-state index contributed by atoms with van der Waals surface area (Å²) in [4.78, 5) is 23.0. The monoisotopic (exact) mass is 652 g/mol. The van der Waals surface area contributed by atoms with Crippen LogP contribution >= 0.6 is 11.3 Å². The van der Waals surface area contributed by atoms with Crippen LogP contribution in [0.1, 0.15) is 45.1 Å². The molecule has 1 saturated carbocycles. The molecule has 3 saturated heterocycles. The summed E-state index contributed by atoms with van der Waals surface area (Å²) in [5, 5.41) is 31.8. The van der Waals surface area contributed by atoms with Gasteiger partial charge in [-0.3, -0.25) is 14.7 Å². The molecule has 244 valence electrons. The van der Waals surface area contributed by atoms with Crippen molar-refractivity contribution < 1.29 is 9.53 Å². The zero-order valence-corrected chi connectivity index (χ0v) is 27.6. The minimum atomic E-state index is 0.119. The second kappa shape index (κ2) is 12.5. The third-order valence-electron chi connectivity index (χ3n) is 10.3. The molecule has 4 fully saturated rings. The number of hydrogen-bond acceptors (Lipinski definition) is 11. The first kappa shape index (κ1) is 30.2. The Labute approximate surface area is 278 Å². The fourth-order valence-corrected chi connectivity index (χ4v) is 8.65. The number of aromatic nitrogens is 5. The van der Waals surface area contributed by atoms with Crippen molar-refractivity contribution in [1.82, 2.24) is 35.0 Å². The largest absolute Gasteiger partial charge is 0.382 e. The van der Waals surface area contributed by atoms with Gasteiger partial charge in [0.2, 0.25) is 11.0 Å². The zero-order valence-electron chi connectivity index (χ0n) is 26.8. The van der Waals surface area contributed by atoms with Crippen molar-refractivity contribution in [3.63, 3.8) is 0 Å². The highest BCUT2D eigenvalue weighted by atomic mass is 32.1. The molecule has 13 heteroatoms. The number of amides is 1. The second-order valence-electron chi connectivity index (χ2n) is 13.8. The van der Waals surface area contributed by atoms with E-state index in [0.29, 0.717) is 23.4 Å². The van der Waals surface area contributed by atoms with Crippen molar-refractivity contribution in [1.29, 1.82) is 5.26 Å². The molecular weight excluding hydrogens is 613 g/mol. The summed E-state index contributed by atoms with van der Waals surface area (Å²) < 4.78 is 7.17. The van der Waals surface area contributed by atoms with Crippen LogP contribution in [-0.2, 0) is 9.53 Å². The minimum absolute atomic E-state index is 0.119. The number of pyridine rings is 1. The second-order valence-corrected chi connectivity index (χ2v) is 14.7. The number of carbonyl (C=O) groups excluding carboxylic acids is 1. The summed E-state index contributed by atoms with van der Waals surface area (Å²) in [5.74, 6) is 1.21. The molecule has 8 rings (SSSR count). The van der Waals surface area contributed by atoms with E-state index in [1.165, 1.54) is 0 Å². The maximum atomic E-state index is 13.3. The molecule has 4 aliphatic rings. The topological polar surface area (TPSA) is 137 Å². The maximum absolute atomic E-state index is 13.3. The summed E-state index contributed by atoms with van der Waals surface area (Å²) in [7, 11) is 0. The lowest BCUT2D eigenvalue weighted by Gasteiger charge is -2.42. The van der Waals surface area contributed by atoms with Crippen LogP contribution in [0.3, 0.4) is 0 Å². The van der Waals surface area contributed by atoms with Gasteiger partial charge in [-0.15, -0.1) is 10.2 Å². The van der Waals surface area contributed by atoms with Gasteiger partial charge in [0.25, 0.3) is 0 Å². The van der Waals surface area contributed by atoms with E-state index in [-0.39, 0.29) is 23.9 Å². The quantitative estimate of drug-likeness (QED) is 0.287. The van der Waals surface area contributed by atoms with Crippen LogP contribution in [0.25, 0.3) is 27.5 Å². The van der Waals surface area contributed by atoms with Gasteiger partial charge in [0.05, 0.1) is 53.5 Å². The number of rotatable bonds is 8. The van der Waals surface area contributed by atoms with E-state index in [1.54, 1.807) is 22.0 Å². The van der Waals surface area contributed by atoms with Gasteiger partial charge in [-0.25, -0.2) is 4.52 Å². The molecule has 4 aromatic heterocycles. The Bertz CT molecular complexity index is 1800. The summed E-state index contributed by atoms with van der Waals surface area (Å²) in [6.07, 6.45) is 7.58. The summed E-state index contributed by atoms with van der Waals surface area (Å²) >= 11 is 1.60. The number of carbonyl (C=O) groups is 1. The predicted octanol–water partition coefficient (Wildman–Crippen LogP) is 4.05. The number of anilines is 2. The van der Waals surface area contributed by atoms with E-state index in [1.807, 2.05) is 30.5 Å². The molecule has 0 aromatic carbocycles.